The summed E-state index contributed by atoms with van der Waals surface area (Å²) in [7, 11) is -4.00. The van der Waals surface area contributed by atoms with E-state index >= 15 is 0 Å². The van der Waals surface area contributed by atoms with Gasteiger partial charge in [0.2, 0.25) is 5.91 Å². The number of nitrogens with one attached hydrogen (secondary N) is 1. The van der Waals surface area contributed by atoms with Crippen molar-refractivity contribution >= 4 is 33.2 Å². The number of hydrogen-bond donors (Lipinski definition) is 1. The molecule has 1 N–H and O–H groups in total. The second kappa shape index (κ2) is 12.1. The SMILES string of the molecule is Cc1ccc(S(=O)(=O)N(CC(=O)NCc2cccc(CN3CCCCC3)c2)c2cc(Cl)ccc2C)cc1. The van der Waals surface area contributed by atoms with Gasteiger partial charge in [-0.3, -0.25) is 14.0 Å². The van der Waals surface area contributed by atoms with Crippen LogP contribution in [0, 0.1) is 13.8 Å². The van der Waals surface area contributed by atoms with Crippen molar-refractivity contribution in [3.05, 3.63) is 94.0 Å². The van der Waals surface area contributed by atoms with Crippen LogP contribution in [-0.4, -0.2) is 38.9 Å². The van der Waals surface area contributed by atoms with Crippen molar-refractivity contribution in [3.63, 3.8) is 0 Å². The van der Waals surface area contributed by atoms with E-state index in [0.29, 0.717) is 22.8 Å². The van der Waals surface area contributed by atoms with Crippen molar-refractivity contribution in [2.75, 3.05) is 23.9 Å². The zero-order valence-electron chi connectivity index (χ0n) is 21.4. The summed E-state index contributed by atoms with van der Waals surface area (Å²) in [5.74, 6) is -0.392. The average molecular weight is 540 g/mol. The van der Waals surface area contributed by atoms with Gasteiger partial charge in [-0.25, -0.2) is 8.42 Å². The maximum atomic E-state index is 13.6. The number of amides is 1. The highest BCUT2D eigenvalue weighted by Gasteiger charge is 2.28. The van der Waals surface area contributed by atoms with Crippen LogP contribution in [0.1, 0.15) is 41.5 Å². The first-order valence-corrected chi connectivity index (χ1v) is 14.5. The number of rotatable bonds is 9. The smallest absolute Gasteiger partial charge is 0.264 e. The zero-order valence-corrected chi connectivity index (χ0v) is 23.0. The van der Waals surface area contributed by atoms with Gasteiger partial charge in [0.05, 0.1) is 10.6 Å². The van der Waals surface area contributed by atoms with Crippen molar-refractivity contribution < 1.29 is 13.2 Å². The standard InChI is InChI=1S/C29H34ClN3O3S/c1-22-9-13-27(14-10-22)37(35,36)33(28-18-26(30)12-11-23(28)2)21-29(34)31-19-24-7-6-8-25(17-24)20-32-15-4-3-5-16-32/h6-14,17-18H,3-5,15-16,19-21H2,1-2H3,(H,31,34). The van der Waals surface area contributed by atoms with Gasteiger partial charge in [-0.15, -0.1) is 0 Å². The molecular formula is C29H34ClN3O3S. The van der Waals surface area contributed by atoms with Gasteiger partial charge in [0.25, 0.3) is 10.0 Å². The monoisotopic (exact) mass is 539 g/mol. The van der Waals surface area contributed by atoms with Crippen LogP contribution < -0.4 is 9.62 Å². The molecule has 1 aliphatic rings. The van der Waals surface area contributed by atoms with Gasteiger partial charge in [0.1, 0.15) is 6.54 Å². The maximum Gasteiger partial charge on any atom is 0.264 e. The van der Waals surface area contributed by atoms with Crippen LogP contribution in [0.5, 0.6) is 0 Å². The van der Waals surface area contributed by atoms with E-state index in [4.69, 9.17) is 11.6 Å². The summed E-state index contributed by atoms with van der Waals surface area (Å²) < 4.78 is 28.4. The molecular weight excluding hydrogens is 506 g/mol. The molecule has 1 fully saturated rings. The Hall–Kier alpha value is -2.87. The van der Waals surface area contributed by atoms with Crippen molar-refractivity contribution in [2.45, 2.75) is 51.1 Å². The molecule has 1 heterocycles. The van der Waals surface area contributed by atoms with Gasteiger partial charge >= 0.3 is 0 Å². The van der Waals surface area contributed by atoms with E-state index in [1.807, 2.05) is 19.1 Å². The summed E-state index contributed by atoms with van der Waals surface area (Å²) >= 11 is 6.21. The third-order valence-corrected chi connectivity index (χ3v) is 8.68. The van der Waals surface area contributed by atoms with Crippen LogP contribution in [0.15, 0.2) is 71.6 Å². The molecule has 3 aromatic carbocycles. The minimum atomic E-state index is -4.00. The number of anilines is 1. The number of nitrogens with zero attached hydrogens (tertiary/aromatic N) is 2. The van der Waals surface area contributed by atoms with E-state index in [-0.39, 0.29) is 11.4 Å². The number of piperidine rings is 1. The maximum absolute atomic E-state index is 13.6. The summed E-state index contributed by atoms with van der Waals surface area (Å²) in [5, 5.41) is 3.30. The fourth-order valence-electron chi connectivity index (χ4n) is 4.59. The molecule has 0 aromatic heterocycles. The molecule has 4 rings (SSSR count). The molecule has 196 valence electrons. The van der Waals surface area contributed by atoms with E-state index in [0.717, 1.165) is 35.1 Å². The molecule has 1 amide bonds. The molecule has 1 aliphatic heterocycles. The molecule has 0 saturated carbocycles. The first-order chi connectivity index (χ1) is 17.7. The van der Waals surface area contributed by atoms with Crippen LogP contribution in [0.2, 0.25) is 5.02 Å². The number of carbonyl (C=O) groups is 1. The van der Waals surface area contributed by atoms with Gasteiger partial charge in [0, 0.05) is 18.1 Å². The molecule has 8 heteroatoms. The van der Waals surface area contributed by atoms with Crippen LogP contribution in [0.3, 0.4) is 0 Å². The lowest BCUT2D eigenvalue weighted by Crippen LogP contribution is -2.41. The Bertz CT molecular complexity index is 1340. The Morgan fingerprint density at radius 1 is 0.946 bits per heavy atom. The minimum Gasteiger partial charge on any atom is -0.350 e. The summed E-state index contributed by atoms with van der Waals surface area (Å²) in [5.41, 5.74) is 4.23. The molecule has 0 bridgehead atoms. The Morgan fingerprint density at radius 2 is 1.65 bits per heavy atom. The Labute approximate surface area is 225 Å². The highest BCUT2D eigenvalue weighted by atomic mass is 35.5. The quantitative estimate of drug-likeness (QED) is 0.392. The van der Waals surface area contributed by atoms with Crippen molar-refractivity contribution in [1.82, 2.24) is 10.2 Å². The predicted octanol–water partition coefficient (Wildman–Crippen LogP) is 5.45. The second-order valence-electron chi connectivity index (χ2n) is 9.69. The Morgan fingerprint density at radius 3 is 2.38 bits per heavy atom. The zero-order chi connectivity index (χ0) is 26.4. The fourth-order valence-corrected chi connectivity index (χ4v) is 6.23. The Kier molecular flexibility index (Phi) is 8.90. The van der Waals surface area contributed by atoms with Gasteiger partial charge in [-0.05, 0) is 80.7 Å². The van der Waals surface area contributed by atoms with Crippen molar-refractivity contribution in [2.24, 2.45) is 0 Å². The normalized spacial score (nSPS) is 14.4. The third-order valence-electron chi connectivity index (χ3n) is 6.67. The second-order valence-corrected chi connectivity index (χ2v) is 12.0. The highest BCUT2D eigenvalue weighted by molar-refractivity contribution is 7.92. The minimum absolute atomic E-state index is 0.121. The molecule has 37 heavy (non-hydrogen) atoms. The summed E-state index contributed by atoms with van der Waals surface area (Å²) in [4.78, 5) is 15.7. The molecule has 0 spiro atoms. The van der Waals surface area contributed by atoms with E-state index in [9.17, 15) is 13.2 Å². The molecule has 1 saturated heterocycles. The van der Waals surface area contributed by atoms with E-state index in [2.05, 4.69) is 22.3 Å². The van der Waals surface area contributed by atoms with E-state index in [1.54, 1.807) is 49.4 Å². The molecule has 0 atom stereocenters. The molecule has 0 radical (unpaired) electrons. The number of hydrogen-bond acceptors (Lipinski definition) is 4. The number of sulfonamides is 1. The fraction of sp³-hybridized carbons (Fsp3) is 0.345. The Balaban J connectivity index is 1.50. The van der Waals surface area contributed by atoms with Gasteiger partial charge in [0.15, 0.2) is 0 Å². The number of halogens is 1. The van der Waals surface area contributed by atoms with Crippen molar-refractivity contribution in [3.8, 4) is 0 Å². The summed E-state index contributed by atoms with van der Waals surface area (Å²) in [6.07, 6.45) is 3.78. The average Bonchev–Trinajstić information content (AvgIpc) is 2.88. The number of carbonyl (C=O) groups excluding carboxylic acids is 1. The largest absolute Gasteiger partial charge is 0.350 e. The van der Waals surface area contributed by atoms with E-state index < -0.39 is 15.9 Å². The lowest BCUT2D eigenvalue weighted by molar-refractivity contribution is -0.119. The first-order valence-electron chi connectivity index (χ1n) is 12.6. The highest BCUT2D eigenvalue weighted by Crippen LogP contribution is 2.29. The van der Waals surface area contributed by atoms with Crippen LogP contribution >= 0.6 is 11.6 Å². The molecule has 6 nitrogen and oxygen atoms in total. The number of benzene rings is 3. The molecule has 0 unspecified atom stereocenters. The predicted molar refractivity (Wildman–Crippen MR) is 149 cm³/mol. The van der Waals surface area contributed by atoms with Crippen molar-refractivity contribution in [1.29, 1.82) is 0 Å². The lowest BCUT2D eigenvalue weighted by atomic mass is 10.1. The molecule has 3 aromatic rings. The van der Waals surface area contributed by atoms with Gasteiger partial charge in [-0.1, -0.05) is 66.0 Å². The summed E-state index contributed by atoms with van der Waals surface area (Å²) in [6.45, 7) is 6.80. The van der Waals surface area contributed by atoms with Crippen LogP contribution in [0.25, 0.3) is 0 Å². The van der Waals surface area contributed by atoms with Crippen LogP contribution in [-0.2, 0) is 27.9 Å². The van der Waals surface area contributed by atoms with Gasteiger partial charge < -0.3 is 5.32 Å². The van der Waals surface area contributed by atoms with E-state index in [1.165, 1.54) is 24.8 Å². The first kappa shape index (κ1) is 27.2. The molecule has 0 aliphatic carbocycles. The topological polar surface area (TPSA) is 69.7 Å². The number of likely N-dealkylation sites (tertiary alicyclic amines) is 1. The van der Waals surface area contributed by atoms with Gasteiger partial charge in [-0.2, -0.15) is 0 Å². The van der Waals surface area contributed by atoms with Crippen LogP contribution in [0.4, 0.5) is 5.69 Å². The third kappa shape index (κ3) is 7.12. The lowest BCUT2D eigenvalue weighted by Gasteiger charge is -2.26. The summed E-state index contributed by atoms with van der Waals surface area (Å²) in [6, 6.07) is 19.8. The number of aryl methyl sites for hydroxylation is 2.